The topological polar surface area (TPSA) is 94.8 Å². The van der Waals surface area contributed by atoms with Gasteiger partial charge in [0.05, 0.1) is 6.54 Å². The third kappa shape index (κ3) is 5.29. The number of halogens is 2. The van der Waals surface area contributed by atoms with Crippen LogP contribution in [0.1, 0.15) is 37.6 Å². The first-order chi connectivity index (χ1) is 11.6. The van der Waals surface area contributed by atoms with Gasteiger partial charge in [0.15, 0.2) is 6.17 Å². The second-order valence-corrected chi connectivity index (χ2v) is 7.67. The average Bonchev–Trinajstić information content (AvgIpc) is 2.48. The van der Waals surface area contributed by atoms with Crippen molar-refractivity contribution in [2.45, 2.75) is 45.1 Å². The average molecular weight is 418 g/mol. The summed E-state index contributed by atoms with van der Waals surface area (Å²) in [6, 6.07) is 1.47. The van der Waals surface area contributed by atoms with Gasteiger partial charge in [-0.25, -0.2) is 14.2 Å². The summed E-state index contributed by atoms with van der Waals surface area (Å²) in [5, 5.41) is 0. The molecule has 1 aromatic rings. The number of amides is 2. The smallest absolute Gasteiger partial charge is 0.410 e. The third-order valence-corrected chi connectivity index (χ3v) is 3.91. The highest BCUT2D eigenvalue weighted by atomic mass is 79.9. The van der Waals surface area contributed by atoms with Gasteiger partial charge in [-0.1, -0.05) is 0 Å². The van der Waals surface area contributed by atoms with Gasteiger partial charge in [0.1, 0.15) is 17.3 Å². The summed E-state index contributed by atoms with van der Waals surface area (Å²) in [6.45, 7) is 5.37. The van der Waals surface area contributed by atoms with Crippen molar-refractivity contribution in [3.8, 4) is 5.88 Å². The van der Waals surface area contributed by atoms with E-state index in [-0.39, 0.29) is 31.0 Å². The molecule has 1 aromatic heterocycles. The quantitative estimate of drug-likeness (QED) is 0.815. The fraction of sp³-hybridized carbons (Fsp3) is 0.562. The number of hydrogen-bond acceptors (Lipinski definition) is 5. The number of hydrogen-bond donors (Lipinski definition) is 1. The highest BCUT2D eigenvalue weighted by molar-refractivity contribution is 9.10. The van der Waals surface area contributed by atoms with Crippen LogP contribution in [0.2, 0.25) is 0 Å². The monoisotopic (exact) mass is 417 g/mol. The molecule has 2 rings (SSSR count). The van der Waals surface area contributed by atoms with Gasteiger partial charge in [-0.3, -0.25) is 4.79 Å². The second-order valence-electron chi connectivity index (χ2n) is 6.76. The molecule has 1 aliphatic heterocycles. The predicted octanol–water partition coefficient (Wildman–Crippen LogP) is 2.67. The number of nitrogens with zero attached hydrogens (tertiary/aromatic N) is 2. The third-order valence-electron chi connectivity index (χ3n) is 3.48. The summed E-state index contributed by atoms with van der Waals surface area (Å²) in [7, 11) is 0. The molecule has 1 fully saturated rings. The van der Waals surface area contributed by atoms with Crippen LogP contribution < -0.4 is 10.5 Å². The number of pyridine rings is 1. The molecule has 2 atom stereocenters. The van der Waals surface area contributed by atoms with E-state index in [2.05, 4.69) is 20.9 Å². The highest BCUT2D eigenvalue weighted by Crippen LogP contribution is 2.25. The van der Waals surface area contributed by atoms with E-state index in [1.165, 1.54) is 17.2 Å². The lowest BCUT2D eigenvalue weighted by Gasteiger charge is -2.35. The van der Waals surface area contributed by atoms with Gasteiger partial charge in [0.2, 0.25) is 5.88 Å². The van der Waals surface area contributed by atoms with Crippen LogP contribution in [0.25, 0.3) is 0 Å². The zero-order chi connectivity index (χ0) is 18.8. The standard InChI is InChI=1S/C16H21BrFN3O4/c1-16(2,3)25-15(23)21-5-4-12(11(18)8-21)24-14-10(13(19)22)6-9(17)7-20-14/h6-7,11-12H,4-5,8H2,1-3H3,(H2,19,22)/t11-,12+/m1/s1. The van der Waals surface area contributed by atoms with E-state index in [0.29, 0.717) is 4.47 Å². The molecule has 9 heteroatoms. The fourth-order valence-corrected chi connectivity index (χ4v) is 2.68. The maximum atomic E-state index is 14.5. The number of aromatic nitrogens is 1. The van der Waals surface area contributed by atoms with E-state index in [1.54, 1.807) is 20.8 Å². The molecule has 0 unspecified atom stereocenters. The summed E-state index contributed by atoms with van der Waals surface area (Å²) in [5.41, 5.74) is 4.72. The molecular formula is C16H21BrFN3O4. The van der Waals surface area contributed by atoms with Crippen LogP contribution in [0.5, 0.6) is 5.88 Å². The summed E-state index contributed by atoms with van der Waals surface area (Å²) >= 11 is 3.19. The minimum absolute atomic E-state index is 0.0194. The zero-order valence-electron chi connectivity index (χ0n) is 14.3. The SMILES string of the molecule is CC(C)(C)OC(=O)N1CC[C@H](Oc2ncc(Br)cc2C(N)=O)[C@H](F)C1. The molecule has 1 saturated heterocycles. The lowest BCUT2D eigenvalue weighted by atomic mass is 10.1. The number of carbonyl (C=O) groups excluding carboxylic acids is 2. The van der Waals surface area contributed by atoms with Crippen LogP contribution in [0.4, 0.5) is 9.18 Å². The van der Waals surface area contributed by atoms with Crippen LogP contribution in [0.3, 0.4) is 0 Å². The van der Waals surface area contributed by atoms with E-state index < -0.39 is 29.9 Å². The first-order valence-electron chi connectivity index (χ1n) is 7.81. The first-order valence-corrected chi connectivity index (χ1v) is 8.60. The Hall–Kier alpha value is -1.90. The number of carbonyl (C=O) groups is 2. The van der Waals surface area contributed by atoms with E-state index in [1.807, 2.05) is 0 Å². The molecule has 25 heavy (non-hydrogen) atoms. The van der Waals surface area contributed by atoms with Gasteiger partial charge >= 0.3 is 6.09 Å². The van der Waals surface area contributed by atoms with Crippen molar-refractivity contribution in [2.75, 3.05) is 13.1 Å². The molecule has 0 aliphatic carbocycles. The van der Waals surface area contributed by atoms with E-state index >= 15 is 0 Å². The largest absolute Gasteiger partial charge is 0.471 e. The number of piperidine rings is 1. The molecule has 0 bridgehead atoms. The van der Waals surface area contributed by atoms with Crippen molar-refractivity contribution in [1.82, 2.24) is 9.88 Å². The Labute approximate surface area is 153 Å². The molecule has 2 amide bonds. The maximum absolute atomic E-state index is 14.5. The number of likely N-dealkylation sites (tertiary alicyclic amines) is 1. The molecule has 2 N–H and O–H groups in total. The number of rotatable bonds is 3. The Morgan fingerprint density at radius 2 is 2.12 bits per heavy atom. The van der Waals surface area contributed by atoms with Crippen molar-refractivity contribution in [3.05, 3.63) is 22.3 Å². The van der Waals surface area contributed by atoms with Gasteiger partial charge in [0.25, 0.3) is 5.91 Å². The molecule has 138 valence electrons. The Kier molecular flexibility index (Phi) is 5.87. The normalized spacial score (nSPS) is 20.9. The Morgan fingerprint density at radius 1 is 1.44 bits per heavy atom. The van der Waals surface area contributed by atoms with Crippen molar-refractivity contribution >= 4 is 27.9 Å². The van der Waals surface area contributed by atoms with Crippen molar-refractivity contribution < 1.29 is 23.5 Å². The first kappa shape index (κ1) is 19.4. The lowest BCUT2D eigenvalue weighted by Crippen LogP contribution is -2.50. The summed E-state index contributed by atoms with van der Waals surface area (Å²) in [5.74, 6) is -0.737. The predicted molar refractivity (Wildman–Crippen MR) is 92.2 cm³/mol. The Morgan fingerprint density at radius 3 is 2.68 bits per heavy atom. The molecule has 2 heterocycles. The minimum atomic E-state index is -1.44. The summed E-state index contributed by atoms with van der Waals surface area (Å²) < 4.78 is 25.8. The van der Waals surface area contributed by atoms with Crippen LogP contribution >= 0.6 is 15.9 Å². The second kappa shape index (κ2) is 7.55. The summed E-state index contributed by atoms with van der Waals surface area (Å²) in [6.07, 6.45) is -1.15. The molecule has 0 radical (unpaired) electrons. The van der Waals surface area contributed by atoms with Crippen LogP contribution in [0, 0.1) is 0 Å². The molecular weight excluding hydrogens is 397 g/mol. The molecule has 0 spiro atoms. The summed E-state index contributed by atoms with van der Waals surface area (Å²) in [4.78, 5) is 28.8. The molecule has 0 saturated carbocycles. The lowest BCUT2D eigenvalue weighted by molar-refractivity contribution is -0.0115. The number of alkyl halides is 1. The Balaban J connectivity index is 2.03. The molecule has 7 nitrogen and oxygen atoms in total. The fourth-order valence-electron chi connectivity index (χ4n) is 2.35. The highest BCUT2D eigenvalue weighted by Gasteiger charge is 2.35. The zero-order valence-corrected chi connectivity index (χ0v) is 15.9. The van der Waals surface area contributed by atoms with Crippen molar-refractivity contribution in [3.63, 3.8) is 0 Å². The number of primary amides is 1. The van der Waals surface area contributed by atoms with Crippen LogP contribution in [-0.4, -0.2) is 52.9 Å². The van der Waals surface area contributed by atoms with E-state index in [4.69, 9.17) is 15.2 Å². The van der Waals surface area contributed by atoms with Gasteiger partial charge in [0, 0.05) is 23.6 Å². The van der Waals surface area contributed by atoms with Gasteiger partial charge in [-0.05, 0) is 42.8 Å². The van der Waals surface area contributed by atoms with Crippen molar-refractivity contribution in [1.29, 1.82) is 0 Å². The van der Waals surface area contributed by atoms with Crippen molar-refractivity contribution in [2.24, 2.45) is 5.73 Å². The van der Waals surface area contributed by atoms with Crippen LogP contribution in [-0.2, 0) is 4.74 Å². The Bertz CT molecular complexity index is 665. The van der Waals surface area contributed by atoms with Crippen LogP contribution in [0.15, 0.2) is 16.7 Å². The van der Waals surface area contributed by atoms with Gasteiger partial charge in [-0.15, -0.1) is 0 Å². The van der Waals surface area contributed by atoms with Gasteiger partial charge < -0.3 is 20.1 Å². The maximum Gasteiger partial charge on any atom is 0.410 e. The molecule has 1 aliphatic rings. The van der Waals surface area contributed by atoms with Gasteiger partial charge in [-0.2, -0.15) is 0 Å². The minimum Gasteiger partial charge on any atom is -0.471 e. The molecule has 0 aromatic carbocycles. The number of nitrogens with two attached hydrogens (primary N) is 1. The van der Waals surface area contributed by atoms with E-state index in [9.17, 15) is 14.0 Å². The number of ether oxygens (including phenoxy) is 2. The van der Waals surface area contributed by atoms with E-state index in [0.717, 1.165) is 0 Å².